The van der Waals surface area contributed by atoms with E-state index in [0.717, 1.165) is 22.1 Å². The fourth-order valence-electron chi connectivity index (χ4n) is 6.94. The molecule has 0 spiro atoms. The fourth-order valence-corrected chi connectivity index (χ4v) is 6.94. The zero-order valence-electron chi connectivity index (χ0n) is 22.1. The number of hydrogen-bond acceptors (Lipinski definition) is 1. The van der Waals surface area contributed by atoms with E-state index in [4.69, 9.17) is 0 Å². The Labute approximate surface area is 236 Å². The maximum atomic E-state index is 9.84. The van der Waals surface area contributed by atoms with E-state index in [9.17, 15) is 5.26 Å². The summed E-state index contributed by atoms with van der Waals surface area (Å²) in [5, 5.41) is 22.2. The van der Waals surface area contributed by atoms with Gasteiger partial charge in [-0.1, -0.05) is 91.0 Å². The van der Waals surface area contributed by atoms with Crippen LogP contribution in [0.25, 0.3) is 81.7 Å². The van der Waals surface area contributed by atoms with Crippen molar-refractivity contribution in [2.75, 3.05) is 0 Å². The van der Waals surface area contributed by atoms with E-state index in [1.54, 1.807) is 0 Å². The Morgan fingerprint density at radius 1 is 0.463 bits per heavy atom. The molecule has 0 aliphatic carbocycles. The minimum absolute atomic E-state index is 0.674. The number of hydrogen-bond donors (Lipinski definition) is 0. The maximum absolute atomic E-state index is 9.84. The molecule has 0 saturated heterocycles. The Hall–Kier alpha value is -5.65. The van der Waals surface area contributed by atoms with Crippen LogP contribution in [0.3, 0.4) is 0 Å². The largest absolute Gasteiger partial charge is 0.309 e. The number of nitrogens with zero attached hydrogens (tertiary/aromatic N) is 2. The molecule has 0 radical (unpaired) electrons. The number of aromatic nitrogens is 1. The van der Waals surface area contributed by atoms with E-state index in [1.165, 1.54) is 59.6 Å². The van der Waals surface area contributed by atoms with Gasteiger partial charge in [0.2, 0.25) is 0 Å². The van der Waals surface area contributed by atoms with Gasteiger partial charge >= 0.3 is 0 Å². The molecule has 2 heteroatoms. The van der Waals surface area contributed by atoms with E-state index < -0.39 is 0 Å². The van der Waals surface area contributed by atoms with Crippen LogP contribution < -0.4 is 0 Å². The zero-order chi connectivity index (χ0) is 27.1. The average Bonchev–Trinajstić information content (AvgIpc) is 3.37. The first-order valence-electron chi connectivity index (χ1n) is 13.9. The van der Waals surface area contributed by atoms with Crippen molar-refractivity contribution in [3.05, 3.63) is 139 Å². The zero-order valence-corrected chi connectivity index (χ0v) is 22.1. The minimum Gasteiger partial charge on any atom is -0.309 e. The highest BCUT2D eigenvalue weighted by molar-refractivity contribution is 6.26. The van der Waals surface area contributed by atoms with Crippen LogP contribution in [0.1, 0.15) is 5.56 Å². The summed E-state index contributed by atoms with van der Waals surface area (Å²) in [6.45, 7) is 0. The summed E-state index contributed by atoms with van der Waals surface area (Å²) >= 11 is 0. The first-order valence-corrected chi connectivity index (χ1v) is 13.9. The molecular formula is C39H22N2. The van der Waals surface area contributed by atoms with E-state index in [-0.39, 0.29) is 0 Å². The summed E-state index contributed by atoms with van der Waals surface area (Å²) in [4.78, 5) is 0. The maximum Gasteiger partial charge on any atom is 0.0992 e. The normalized spacial score (nSPS) is 11.9. The Morgan fingerprint density at radius 2 is 1.10 bits per heavy atom. The van der Waals surface area contributed by atoms with Crippen molar-refractivity contribution in [2.24, 2.45) is 0 Å². The molecule has 9 aromatic rings. The molecule has 9 rings (SSSR count). The molecule has 0 N–H and O–H groups in total. The van der Waals surface area contributed by atoms with Crippen molar-refractivity contribution in [1.82, 2.24) is 4.57 Å². The van der Waals surface area contributed by atoms with Crippen molar-refractivity contribution in [1.29, 1.82) is 5.26 Å². The third-order valence-corrected chi connectivity index (χ3v) is 8.69. The standard InChI is InChI=1S/C39H22N2/c40-23-24-18-26-14-15-27-20-28(21-37-39(27)38(26)36(19-24)41(37)29-9-2-1-3-10-29)34-22-35-30-11-5-4-8-25(30)16-17-33(35)31-12-6-7-13-32(31)34/h1-22H. The number of fused-ring (bicyclic) bond motifs is 5. The Kier molecular flexibility index (Phi) is 4.43. The van der Waals surface area contributed by atoms with Gasteiger partial charge in [0.25, 0.3) is 0 Å². The van der Waals surface area contributed by atoms with Gasteiger partial charge < -0.3 is 4.57 Å². The van der Waals surface area contributed by atoms with Crippen LogP contribution in [-0.2, 0) is 0 Å². The van der Waals surface area contributed by atoms with Gasteiger partial charge in [0.05, 0.1) is 22.7 Å². The minimum atomic E-state index is 0.674. The third-order valence-electron chi connectivity index (χ3n) is 8.69. The second-order valence-corrected chi connectivity index (χ2v) is 10.9. The molecule has 1 aromatic heterocycles. The molecule has 0 bridgehead atoms. The van der Waals surface area contributed by atoms with Gasteiger partial charge in [-0.3, -0.25) is 0 Å². The first kappa shape index (κ1) is 22.2. The SMILES string of the molecule is N#Cc1cc2ccc3cc(-c4cc5c6ccccc6ccc5c5ccccc45)cc4c3c2c(c1)n4-c1ccccc1. The molecule has 8 aromatic carbocycles. The molecule has 1 heterocycles. The molecule has 41 heavy (non-hydrogen) atoms. The van der Waals surface area contributed by atoms with Gasteiger partial charge in [-0.2, -0.15) is 5.26 Å². The van der Waals surface area contributed by atoms with Crippen LogP contribution in [0, 0.1) is 11.3 Å². The van der Waals surface area contributed by atoms with E-state index in [2.05, 4.69) is 126 Å². The Balaban J connectivity index is 1.46. The van der Waals surface area contributed by atoms with Gasteiger partial charge in [0.1, 0.15) is 0 Å². The number of nitriles is 1. The smallest absolute Gasteiger partial charge is 0.0992 e. The van der Waals surface area contributed by atoms with E-state index >= 15 is 0 Å². The first-order chi connectivity index (χ1) is 20.3. The van der Waals surface area contributed by atoms with Gasteiger partial charge in [-0.05, 0) is 96.7 Å². The summed E-state index contributed by atoms with van der Waals surface area (Å²) in [5.74, 6) is 0. The summed E-state index contributed by atoms with van der Waals surface area (Å²) in [5.41, 5.74) is 6.40. The molecule has 188 valence electrons. The van der Waals surface area contributed by atoms with Crippen molar-refractivity contribution in [2.45, 2.75) is 0 Å². The highest BCUT2D eigenvalue weighted by atomic mass is 15.0. The fraction of sp³-hybridized carbons (Fsp3) is 0. The molecule has 0 fully saturated rings. The summed E-state index contributed by atoms with van der Waals surface area (Å²) in [6.07, 6.45) is 0. The topological polar surface area (TPSA) is 28.7 Å². The van der Waals surface area contributed by atoms with Gasteiger partial charge in [-0.15, -0.1) is 0 Å². The summed E-state index contributed by atoms with van der Waals surface area (Å²) < 4.78 is 2.33. The van der Waals surface area contributed by atoms with Crippen LogP contribution in [0.2, 0.25) is 0 Å². The van der Waals surface area contributed by atoms with Gasteiger partial charge in [0.15, 0.2) is 0 Å². The third kappa shape index (κ3) is 3.06. The van der Waals surface area contributed by atoms with Crippen LogP contribution in [0.4, 0.5) is 0 Å². The predicted octanol–water partition coefficient (Wildman–Crippen LogP) is 10.4. The highest BCUT2D eigenvalue weighted by Crippen LogP contribution is 2.44. The van der Waals surface area contributed by atoms with E-state index in [1.807, 2.05) is 18.2 Å². The second kappa shape index (κ2) is 8.18. The number of para-hydroxylation sites is 1. The van der Waals surface area contributed by atoms with E-state index in [0.29, 0.717) is 5.56 Å². The molecule has 0 aliphatic heterocycles. The lowest BCUT2D eigenvalue weighted by Gasteiger charge is -2.14. The summed E-state index contributed by atoms with van der Waals surface area (Å²) in [7, 11) is 0. The van der Waals surface area contributed by atoms with Gasteiger partial charge in [-0.25, -0.2) is 0 Å². The molecule has 0 amide bonds. The van der Waals surface area contributed by atoms with Crippen LogP contribution >= 0.6 is 0 Å². The van der Waals surface area contributed by atoms with Crippen molar-refractivity contribution in [3.63, 3.8) is 0 Å². The van der Waals surface area contributed by atoms with Crippen LogP contribution in [0.15, 0.2) is 133 Å². The summed E-state index contributed by atoms with van der Waals surface area (Å²) in [6, 6.07) is 50.3. The van der Waals surface area contributed by atoms with Gasteiger partial charge in [0, 0.05) is 16.5 Å². The van der Waals surface area contributed by atoms with Crippen molar-refractivity contribution < 1.29 is 0 Å². The predicted molar refractivity (Wildman–Crippen MR) is 172 cm³/mol. The lowest BCUT2D eigenvalue weighted by Crippen LogP contribution is -1.94. The van der Waals surface area contributed by atoms with Crippen LogP contribution in [0.5, 0.6) is 0 Å². The number of rotatable bonds is 2. The quantitative estimate of drug-likeness (QED) is 0.209. The lowest BCUT2D eigenvalue weighted by molar-refractivity contribution is 1.18. The monoisotopic (exact) mass is 518 g/mol. The molecule has 0 aliphatic rings. The Morgan fingerprint density at radius 3 is 1.90 bits per heavy atom. The second-order valence-electron chi connectivity index (χ2n) is 10.9. The number of benzene rings is 8. The molecule has 0 unspecified atom stereocenters. The average molecular weight is 519 g/mol. The molecular weight excluding hydrogens is 496 g/mol. The molecule has 0 saturated carbocycles. The van der Waals surface area contributed by atoms with Crippen molar-refractivity contribution in [3.8, 4) is 22.9 Å². The lowest BCUT2D eigenvalue weighted by atomic mass is 9.90. The molecule has 0 atom stereocenters. The molecule has 2 nitrogen and oxygen atoms in total. The van der Waals surface area contributed by atoms with Crippen LogP contribution in [-0.4, -0.2) is 4.57 Å². The van der Waals surface area contributed by atoms with Crippen molar-refractivity contribution >= 4 is 64.9 Å². The highest BCUT2D eigenvalue weighted by Gasteiger charge is 2.20. The Bertz CT molecular complexity index is 2530.